The smallest absolute Gasteiger partial charge is 0.327 e. The fraction of sp³-hybridized carbons (Fsp3) is 0.250. The van der Waals surface area contributed by atoms with Crippen LogP contribution in [0.25, 0.3) is 17.0 Å². The number of rotatable bonds is 5. The maximum atomic E-state index is 12.6. The third kappa shape index (κ3) is 4.27. The SMILES string of the molecule is COC(=O)C(c1ccc(Cl)cc1)N1CCN(c2cc(-c3ccccc3)nc3ncnn23)CC1. The van der Waals surface area contributed by atoms with Gasteiger partial charge in [0.1, 0.15) is 18.2 Å². The molecule has 1 aliphatic rings. The summed E-state index contributed by atoms with van der Waals surface area (Å²) in [6.07, 6.45) is 1.52. The minimum atomic E-state index is -0.474. The lowest BCUT2D eigenvalue weighted by Gasteiger charge is -2.39. The van der Waals surface area contributed by atoms with Gasteiger partial charge >= 0.3 is 5.97 Å². The summed E-state index contributed by atoms with van der Waals surface area (Å²) >= 11 is 6.04. The number of hydrogen-bond acceptors (Lipinski definition) is 7. The summed E-state index contributed by atoms with van der Waals surface area (Å²) in [4.78, 5) is 26.0. The molecule has 9 heteroatoms. The van der Waals surface area contributed by atoms with E-state index in [9.17, 15) is 4.79 Å². The van der Waals surface area contributed by atoms with Crippen molar-refractivity contribution in [2.24, 2.45) is 0 Å². The van der Waals surface area contributed by atoms with Gasteiger partial charge in [0, 0.05) is 42.8 Å². The van der Waals surface area contributed by atoms with E-state index >= 15 is 0 Å². The molecule has 0 saturated carbocycles. The number of halogens is 1. The van der Waals surface area contributed by atoms with Crippen LogP contribution in [0.3, 0.4) is 0 Å². The number of fused-ring (bicyclic) bond motifs is 1. The third-order valence-corrected chi connectivity index (χ3v) is 6.17. The van der Waals surface area contributed by atoms with E-state index < -0.39 is 6.04 Å². The first-order valence-corrected chi connectivity index (χ1v) is 11.1. The summed E-state index contributed by atoms with van der Waals surface area (Å²) in [5, 5.41) is 5.02. The number of benzene rings is 2. The number of hydrogen-bond donors (Lipinski definition) is 0. The van der Waals surface area contributed by atoms with E-state index in [-0.39, 0.29) is 5.97 Å². The molecule has 0 amide bonds. The molecule has 0 aliphatic carbocycles. The summed E-state index contributed by atoms with van der Waals surface area (Å²) in [6.45, 7) is 2.80. The van der Waals surface area contributed by atoms with Crippen molar-refractivity contribution in [3.8, 4) is 11.3 Å². The highest BCUT2D eigenvalue weighted by Crippen LogP contribution is 2.28. The normalized spacial score (nSPS) is 15.5. The number of ether oxygens (including phenoxy) is 1. The lowest BCUT2D eigenvalue weighted by molar-refractivity contribution is -0.147. The molecule has 2 aromatic carbocycles. The van der Waals surface area contributed by atoms with Crippen LogP contribution in [0.5, 0.6) is 0 Å². The van der Waals surface area contributed by atoms with Gasteiger partial charge in [-0.05, 0) is 17.7 Å². The standard InChI is InChI=1S/C24H23ClN6O2/c1-33-23(32)22(18-7-9-19(25)10-8-18)30-13-11-29(12-14-30)21-15-20(17-5-3-2-4-6-17)28-24-26-16-27-31(21)24/h2-10,15-16,22H,11-14H2,1H3. The highest BCUT2D eigenvalue weighted by molar-refractivity contribution is 6.30. The van der Waals surface area contributed by atoms with Crippen molar-refractivity contribution < 1.29 is 9.53 Å². The second-order valence-electron chi connectivity index (χ2n) is 7.84. The number of esters is 1. The molecule has 2 aromatic heterocycles. The zero-order valence-corrected chi connectivity index (χ0v) is 18.9. The Kier molecular flexibility index (Phi) is 5.93. The van der Waals surface area contributed by atoms with Gasteiger partial charge in [0.2, 0.25) is 0 Å². The maximum absolute atomic E-state index is 12.6. The van der Waals surface area contributed by atoms with E-state index in [1.54, 1.807) is 16.6 Å². The van der Waals surface area contributed by atoms with Crippen LogP contribution in [0.4, 0.5) is 5.82 Å². The highest BCUT2D eigenvalue weighted by Gasteiger charge is 2.32. The van der Waals surface area contributed by atoms with Crippen molar-refractivity contribution in [2.75, 3.05) is 38.2 Å². The van der Waals surface area contributed by atoms with Gasteiger partial charge in [0.15, 0.2) is 0 Å². The maximum Gasteiger partial charge on any atom is 0.327 e. The topological polar surface area (TPSA) is 75.9 Å². The first-order valence-electron chi connectivity index (χ1n) is 10.7. The first-order chi connectivity index (χ1) is 16.1. The largest absolute Gasteiger partial charge is 0.468 e. The van der Waals surface area contributed by atoms with Gasteiger partial charge in [0.05, 0.1) is 12.8 Å². The predicted octanol–water partition coefficient (Wildman–Crippen LogP) is 3.48. The van der Waals surface area contributed by atoms with Crippen molar-refractivity contribution >= 4 is 29.2 Å². The monoisotopic (exact) mass is 462 g/mol. The Balaban J connectivity index is 1.41. The first kappa shape index (κ1) is 21.4. The number of anilines is 1. The molecule has 1 saturated heterocycles. The zero-order valence-electron chi connectivity index (χ0n) is 18.1. The summed E-state index contributed by atoms with van der Waals surface area (Å²) in [7, 11) is 1.42. The van der Waals surface area contributed by atoms with Gasteiger partial charge < -0.3 is 9.64 Å². The second kappa shape index (κ2) is 9.17. The van der Waals surface area contributed by atoms with Gasteiger partial charge in [-0.25, -0.2) is 9.78 Å². The predicted molar refractivity (Wildman–Crippen MR) is 126 cm³/mol. The average Bonchev–Trinajstić information content (AvgIpc) is 3.34. The van der Waals surface area contributed by atoms with Crippen LogP contribution in [0.1, 0.15) is 11.6 Å². The molecule has 1 fully saturated rings. The summed E-state index contributed by atoms with van der Waals surface area (Å²) in [5.74, 6) is 1.21. The molecule has 0 spiro atoms. The number of carbonyl (C=O) groups excluding carboxylic acids is 1. The van der Waals surface area contributed by atoms with Gasteiger partial charge in [-0.2, -0.15) is 14.6 Å². The third-order valence-electron chi connectivity index (χ3n) is 5.92. The van der Waals surface area contributed by atoms with Crippen molar-refractivity contribution in [3.63, 3.8) is 0 Å². The Labute approximate surface area is 196 Å². The van der Waals surface area contributed by atoms with Crippen LogP contribution < -0.4 is 4.90 Å². The number of aromatic nitrogens is 4. The van der Waals surface area contributed by atoms with Gasteiger partial charge in [-0.15, -0.1) is 0 Å². The van der Waals surface area contributed by atoms with E-state index in [2.05, 4.69) is 24.9 Å². The van der Waals surface area contributed by atoms with Crippen LogP contribution in [-0.4, -0.2) is 63.7 Å². The second-order valence-corrected chi connectivity index (χ2v) is 8.27. The number of nitrogens with zero attached hydrogens (tertiary/aromatic N) is 6. The van der Waals surface area contributed by atoms with E-state index in [1.807, 2.05) is 48.5 Å². The Morgan fingerprint density at radius 3 is 2.45 bits per heavy atom. The zero-order chi connectivity index (χ0) is 22.8. The molecular weight excluding hydrogens is 440 g/mol. The highest BCUT2D eigenvalue weighted by atomic mass is 35.5. The molecule has 1 atom stereocenters. The summed E-state index contributed by atoms with van der Waals surface area (Å²) in [5.41, 5.74) is 2.74. The molecule has 4 aromatic rings. The number of carbonyl (C=O) groups is 1. The molecule has 0 N–H and O–H groups in total. The average molecular weight is 463 g/mol. The molecule has 168 valence electrons. The summed E-state index contributed by atoms with van der Waals surface area (Å²) < 4.78 is 6.88. The lowest BCUT2D eigenvalue weighted by Crippen LogP contribution is -2.50. The molecule has 0 radical (unpaired) electrons. The molecule has 33 heavy (non-hydrogen) atoms. The van der Waals surface area contributed by atoms with E-state index in [1.165, 1.54) is 13.4 Å². The van der Waals surface area contributed by atoms with Crippen LogP contribution in [0.2, 0.25) is 5.02 Å². The molecular formula is C24H23ClN6O2. The fourth-order valence-corrected chi connectivity index (χ4v) is 4.37. The Hall–Kier alpha value is -3.49. The van der Waals surface area contributed by atoms with Crippen molar-refractivity contribution in [1.29, 1.82) is 0 Å². The Morgan fingerprint density at radius 2 is 1.76 bits per heavy atom. The van der Waals surface area contributed by atoms with Gasteiger partial charge in [0.25, 0.3) is 5.78 Å². The van der Waals surface area contributed by atoms with Crippen molar-refractivity contribution in [3.05, 3.63) is 77.6 Å². The molecule has 8 nitrogen and oxygen atoms in total. The minimum Gasteiger partial charge on any atom is -0.468 e. The van der Waals surface area contributed by atoms with Gasteiger partial charge in [-0.3, -0.25) is 4.90 Å². The van der Waals surface area contributed by atoms with Crippen molar-refractivity contribution in [1.82, 2.24) is 24.5 Å². The molecule has 3 heterocycles. The van der Waals surface area contributed by atoms with E-state index in [0.717, 1.165) is 22.6 Å². The molecule has 5 rings (SSSR count). The van der Waals surface area contributed by atoms with E-state index in [4.69, 9.17) is 16.3 Å². The van der Waals surface area contributed by atoms with Gasteiger partial charge in [-0.1, -0.05) is 54.1 Å². The Bertz CT molecular complexity index is 1250. The van der Waals surface area contributed by atoms with E-state index in [0.29, 0.717) is 37.0 Å². The fourth-order valence-electron chi connectivity index (χ4n) is 4.24. The quantitative estimate of drug-likeness (QED) is 0.420. The van der Waals surface area contributed by atoms with Crippen LogP contribution in [0, 0.1) is 0 Å². The lowest BCUT2D eigenvalue weighted by atomic mass is 10.0. The summed E-state index contributed by atoms with van der Waals surface area (Å²) in [6, 6.07) is 19.0. The minimum absolute atomic E-state index is 0.278. The number of methoxy groups -OCH3 is 1. The number of piperazine rings is 1. The van der Waals surface area contributed by atoms with Crippen LogP contribution >= 0.6 is 11.6 Å². The van der Waals surface area contributed by atoms with Crippen LogP contribution in [-0.2, 0) is 9.53 Å². The molecule has 0 bridgehead atoms. The Morgan fingerprint density at radius 1 is 1.03 bits per heavy atom. The van der Waals surface area contributed by atoms with Crippen LogP contribution in [0.15, 0.2) is 67.0 Å². The molecule has 1 aliphatic heterocycles. The van der Waals surface area contributed by atoms with Crippen molar-refractivity contribution in [2.45, 2.75) is 6.04 Å². The molecule has 1 unspecified atom stereocenters.